The van der Waals surface area contributed by atoms with E-state index < -0.39 is 0 Å². The second-order valence-electron chi connectivity index (χ2n) is 5.19. The van der Waals surface area contributed by atoms with Crippen molar-refractivity contribution in [3.05, 3.63) is 23.8 Å². The van der Waals surface area contributed by atoms with Crippen molar-refractivity contribution in [3.63, 3.8) is 0 Å². The molecule has 2 unspecified atom stereocenters. The zero-order valence-corrected chi connectivity index (χ0v) is 11.9. The molecule has 2 rings (SSSR count). The average Bonchev–Trinajstić information content (AvgIpc) is 2.78. The fourth-order valence-corrected chi connectivity index (χ4v) is 2.99. The van der Waals surface area contributed by atoms with Crippen LogP contribution in [-0.4, -0.2) is 25.0 Å². The Morgan fingerprint density at radius 2 is 2.21 bits per heavy atom. The zero-order valence-electron chi connectivity index (χ0n) is 11.9. The highest BCUT2D eigenvalue weighted by Crippen LogP contribution is 2.36. The molecule has 1 aromatic rings. The molecule has 0 amide bonds. The Bertz CT molecular complexity index is 472. The summed E-state index contributed by atoms with van der Waals surface area (Å²) in [6.45, 7) is 4.45. The van der Waals surface area contributed by atoms with Crippen molar-refractivity contribution in [2.24, 2.45) is 5.73 Å². The molecule has 1 heterocycles. The third kappa shape index (κ3) is 2.53. The number of nitrogens with two attached hydrogens (primary N) is 1. The second-order valence-corrected chi connectivity index (χ2v) is 5.19. The Kier molecular flexibility index (Phi) is 3.98. The SMILES string of the molecule is CCC1CCC(C)N1c1cc(OC)ccc1C(=N)N. The molecule has 104 valence electrons. The summed E-state index contributed by atoms with van der Waals surface area (Å²) in [6, 6.07) is 6.76. The van der Waals surface area contributed by atoms with Crippen molar-refractivity contribution in [3.8, 4) is 5.75 Å². The molecule has 4 nitrogen and oxygen atoms in total. The first-order valence-corrected chi connectivity index (χ1v) is 6.89. The number of hydrogen-bond acceptors (Lipinski definition) is 3. The van der Waals surface area contributed by atoms with Gasteiger partial charge in [0.25, 0.3) is 0 Å². The predicted molar refractivity (Wildman–Crippen MR) is 79.3 cm³/mol. The van der Waals surface area contributed by atoms with Gasteiger partial charge in [-0.1, -0.05) is 6.92 Å². The van der Waals surface area contributed by atoms with Gasteiger partial charge in [0.15, 0.2) is 0 Å². The molecule has 19 heavy (non-hydrogen) atoms. The normalized spacial score (nSPS) is 22.6. The van der Waals surface area contributed by atoms with Crippen LogP contribution in [0.4, 0.5) is 5.69 Å². The molecule has 0 aromatic heterocycles. The largest absolute Gasteiger partial charge is 0.497 e. The van der Waals surface area contributed by atoms with Gasteiger partial charge in [0.05, 0.1) is 12.8 Å². The van der Waals surface area contributed by atoms with Crippen molar-refractivity contribution in [1.29, 1.82) is 5.41 Å². The van der Waals surface area contributed by atoms with Gasteiger partial charge in [-0.25, -0.2) is 0 Å². The maximum absolute atomic E-state index is 7.77. The first kappa shape index (κ1) is 13.7. The van der Waals surface area contributed by atoms with Crippen molar-refractivity contribution in [1.82, 2.24) is 0 Å². The molecular weight excluding hydrogens is 238 g/mol. The van der Waals surface area contributed by atoms with E-state index in [0.29, 0.717) is 12.1 Å². The van der Waals surface area contributed by atoms with E-state index in [-0.39, 0.29) is 5.84 Å². The summed E-state index contributed by atoms with van der Waals surface area (Å²) in [6.07, 6.45) is 3.50. The van der Waals surface area contributed by atoms with Crippen LogP contribution in [-0.2, 0) is 0 Å². The van der Waals surface area contributed by atoms with E-state index in [1.807, 2.05) is 18.2 Å². The van der Waals surface area contributed by atoms with E-state index in [2.05, 4.69) is 18.7 Å². The van der Waals surface area contributed by atoms with E-state index in [1.54, 1.807) is 7.11 Å². The van der Waals surface area contributed by atoms with E-state index >= 15 is 0 Å². The summed E-state index contributed by atoms with van der Waals surface area (Å²) in [5, 5.41) is 7.77. The van der Waals surface area contributed by atoms with Crippen molar-refractivity contribution in [2.45, 2.75) is 45.2 Å². The number of ether oxygens (including phenoxy) is 1. The molecule has 0 saturated carbocycles. The molecule has 0 spiro atoms. The number of hydrogen-bond donors (Lipinski definition) is 2. The van der Waals surface area contributed by atoms with Crippen LogP contribution in [0, 0.1) is 5.41 Å². The molecule has 0 bridgehead atoms. The van der Waals surface area contributed by atoms with E-state index in [9.17, 15) is 0 Å². The van der Waals surface area contributed by atoms with Gasteiger partial charge in [0.1, 0.15) is 11.6 Å². The van der Waals surface area contributed by atoms with Crippen LogP contribution in [0.2, 0.25) is 0 Å². The first-order chi connectivity index (χ1) is 9.08. The number of nitrogens with zero attached hydrogens (tertiary/aromatic N) is 1. The first-order valence-electron chi connectivity index (χ1n) is 6.89. The lowest BCUT2D eigenvalue weighted by atomic mass is 10.1. The van der Waals surface area contributed by atoms with Gasteiger partial charge in [0.2, 0.25) is 0 Å². The van der Waals surface area contributed by atoms with Gasteiger partial charge in [-0.05, 0) is 38.3 Å². The summed E-state index contributed by atoms with van der Waals surface area (Å²) in [4.78, 5) is 2.40. The number of methoxy groups -OCH3 is 1. The minimum Gasteiger partial charge on any atom is -0.497 e. The molecular formula is C15H23N3O. The third-order valence-electron chi connectivity index (χ3n) is 4.03. The lowest BCUT2D eigenvalue weighted by Crippen LogP contribution is -2.35. The fourth-order valence-electron chi connectivity index (χ4n) is 2.99. The molecule has 3 N–H and O–H groups in total. The molecule has 1 aliphatic rings. The van der Waals surface area contributed by atoms with Gasteiger partial charge >= 0.3 is 0 Å². The van der Waals surface area contributed by atoms with Crippen molar-refractivity contribution < 1.29 is 4.74 Å². The maximum Gasteiger partial charge on any atom is 0.124 e. The standard InChI is InChI=1S/C15H23N3O/c1-4-11-6-5-10(2)18(11)14-9-12(19-3)7-8-13(14)15(16)17/h7-11H,4-6H2,1-3H3,(H3,16,17). The van der Waals surface area contributed by atoms with Crippen molar-refractivity contribution >= 4 is 11.5 Å². The highest BCUT2D eigenvalue weighted by Gasteiger charge is 2.31. The Labute approximate surface area is 115 Å². The van der Waals surface area contributed by atoms with Crippen molar-refractivity contribution in [2.75, 3.05) is 12.0 Å². The van der Waals surface area contributed by atoms with Crippen LogP contribution in [0.3, 0.4) is 0 Å². The number of amidine groups is 1. The molecule has 1 aliphatic heterocycles. The summed E-state index contributed by atoms with van der Waals surface area (Å²) in [5.74, 6) is 0.931. The number of anilines is 1. The molecule has 4 heteroatoms. The second kappa shape index (κ2) is 5.51. The monoisotopic (exact) mass is 261 g/mol. The fraction of sp³-hybridized carbons (Fsp3) is 0.533. The number of rotatable bonds is 4. The van der Waals surface area contributed by atoms with Crippen LogP contribution in [0.1, 0.15) is 38.7 Å². The minimum atomic E-state index is 0.117. The summed E-state index contributed by atoms with van der Waals surface area (Å²) in [5.41, 5.74) is 7.55. The molecule has 0 radical (unpaired) electrons. The van der Waals surface area contributed by atoms with Gasteiger partial charge in [-0.3, -0.25) is 5.41 Å². The number of nitrogens with one attached hydrogen (secondary N) is 1. The number of benzene rings is 1. The highest BCUT2D eigenvalue weighted by atomic mass is 16.5. The Balaban J connectivity index is 2.48. The summed E-state index contributed by atoms with van der Waals surface area (Å²) >= 11 is 0. The Morgan fingerprint density at radius 1 is 1.47 bits per heavy atom. The van der Waals surface area contributed by atoms with Crippen LogP contribution in [0.15, 0.2) is 18.2 Å². The van der Waals surface area contributed by atoms with E-state index in [0.717, 1.165) is 23.4 Å². The lowest BCUT2D eigenvalue weighted by molar-refractivity contribution is 0.414. The van der Waals surface area contributed by atoms with Gasteiger partial charge in [-0.15, -0.1) is 0 Å². The number of nitrogen functional groups attached to an aromatic ring is 1. The molecule has 1 fully saturated rings. The Hall–Kier alpha value is -1.71. The molecule has 1 aromatic carbocycles. The van der Waals surface area contributed by atoms with Crippen LogP contribution >= 0.6 is 0 Å². The molecule has 2 atom stereocenters. The van der Waals surface area contributed by atoms with Crippen LogP contribution in [0.5, 0.6) is 5.75 Å². The zero-order chi connectivity index (χ0) is 14.0. The van der Waals surface area contributed by atoms with E-state index in [4.69, 9.17) is 15.9 Å². The maximum atomic E-state index is 7.77. The predicted octanol–water partition coefficient (Wildman–Crippen LogP) is 2.75. The van der Waals surface area contributed by atoms with E-state index in [1.165, 1.54) is 12.8 Å². The molecule has 0 aliphatic carbocycles. The average molecular weight is 261 g/mol. The summed E-state index contributed by atoms with van der Waals surface area (Å²) in [7, 11) is 1.66. The van der Waals surface area contributed by atoms with Crippen LogP contribution in [0.25, 0.3) is 0 Å². The van der Waals surface area contributed by atoms with Gasteiger partial charge in [-0.2, -0.15) is 0 Å². The lowest BCUT2D eigenvalue weighted by Gasteiger charge is -2.32. The minimum absolute atomic E-state index is 0.117. The molecule has 1 saturated heterocycles. The highest BCUT2D eigenvalue weighted by molar-refractivity contribution is 6.01. The topological polar surface area (TPSA) is 62.3 Å². The summed E-state index contributed by atoms with van der Waals surface area (Å²) < 4.78 is 5.32. The van der Waals surface area contributed by atoms with Gasteiger partial charge in [0, 0.05) is 23.7 Å². The van der Waals surface area contributed by atoms with Gasteiger partial charge < -0.3 is 15.4 Å². The third-order valence-corrected chi connectivity index (χ3v) is 4.03. The quantitative estimate of drug-likeness (QED) is 0.647. The smallest absolute Gasteiger partial charge is 0.124 e. The Morgan fingerprint density at radius 3 is 2.79 bits per heavy atom. The van der Waals surface area contributed by atoms with Crippen LogP contribution < -0.4 is 15.4 Å².